The van der Waals surface area contributed by atoms with Crippen molar-refractivity contribution in [3.05, 3.63) is 0 Å². The Labute approximate surface area is 58.8 Å². The minimum absolute atomic E-state index is 0.0486. The number of hydrogen-bond donors (Lipinski definition) is 1. The van der Waals surface area contributed by atoms with Gasteiger partial charge in [-0.15, -0.1) is 0 Å². The van der Waals surface area contributed by atoms with Crippen LogP contribution in [0.2, 0.25) is 0 Å². The minimum atomic E-state index is -0.293. The summed E-state index contributed by atoms with van der Waals surface area (Å²) in [5.74, 6) is -0.211. The molecule has 54 valence electrons. The molecule has 1 aliphatic heterocycles. The van der Waals surface area contributed by atoms with Gasteiger partial charge < -0.3 is 5.32 Å². The lowest BCUT2D eigenvalue weighted by molar-refractivity contribution is -0.131. The van der Waals surface area contributed by atoms with Crippen molar-refractivity contribution in [3.8, 4) is 0 Å². The van der Waals surface area contributed by atoms with E-state index in [9.17, 15) is 9.59 Å². The van der Waals surface area contributed by atoms with Crippen LogP contribution >= 0.6 is 0 Å². The Morgan fingerprint density at radius 3 is 2.90 bits per heavy atom. The van der Waals surface area contributed by atoms with E-state index in [1.807, 2.05) is 0 Å². The van der Waals surface area contributed by atoms with Gasteiger partial charge in [0.05, 0.1) is 5.92 Å². The molecule has 1 aliphatic carbocycles. The van der Waals surface area contributed by atoms with Crippen molar-refractivity contribution in [1.29, 1.82) is 0 Å². The van der Waals surface area contributed by atoms with E-state index in [0.29, 0.717) is 12.5 Å². The highest BCUT2D eigenvalue weighted by Crippen LogP contribution is 2.26. The molecule has 0 aromatic carbocycles. The lowest BCUT2D eigenvalue weighted by atomic mass is 9.89. The highest BCUT2D eigenvalue weighted by Gasteiger charge is 2.40. The molecule has 1 saturated heterocycles. The fourth-order valence-corrected chi connectivity index (χ4v) is 1.71. The second-order valence-corrected chi connectivity index (χ2v) is 3.00. The molecule has 2 atom stereocenters. The fourth-order valence-electron chi connectivity index (χ4n) is 1.71. The summed E-state index contributed by atoms with van der Waals surface area (Å²) in [6, 6.07) is 0.301. The Kier molecular flexibility index (Phi) is 1.07. The van der Waals surface area contributed by atoms with Gasteiger partial charge in [0, 0.05) is 12.5 Å². The van der Waals surface area contributed by atoms with Crippen LogP contribution in [0.5, 0.6) is 0 Å². The van der Waals surface area contributed by atoms with Crippen LogP contribution in [0.15, 0.2) is 0 Å². The van der Waals surface area contributed by atoms with Crippen LogP contribution < -0.4 is 5.32 Å². The summed E-state index contributed by atoms with van der Waals surface area (Å²) in [5.41, 5.74) is 0. The molecule has 10 heavy (non-hydrogen) atoms. The molecule has 2 rings (SSSR count). The second kappa shape index (κ2) is 1.81. The number of nitrogens with one attached hydrogen (secondary N) is 1. The number of amides is 1. The zero-order valence-corrected chi connectivity index (χ0v) is 5.59. The van der Waals surface area contributed by atoms with Crippen molar-refractivity contribution in [2.45, 2.75) is 25.3 Å². The third-order valence-corrected chi connectivity index (χ3v) is 2.31. The SMILES string of the molecule is O=C1CC[C@H]2C[C@@H]1C(=O)N2. The van der Waals surface area contributed by atoms with Gasteiger partial charge in [0.15, 0.2) is 0 Å². The number of carbonyl (C=O) groups excluding carboxylic acids is 2. The first kappa shape index (κ1) is 5.89. The number of carbonyl (C=O) groups is 2. The summed E-state index contributed by atoms with van der Waals surface area (Å²) in [6.45, 7) is 0. The third kappa shape index (κ3) is 0.664. The first-order chi connectivity index (χ1) is 4.77. The van der Waals surface area contributed by atoms with Crippen molar-refractivity contribution >= 4 is 11.7 Å². The Hall–Kier alpha value is -0.860. The standard InChI is InChI=1S/C7H9NO2/c9-6-2-1-4-3-5(6)7(10)8-4/h4-5H,1-3H2,(H,8,10)/t4-,5-/m0/s1. The van der Waals surface area contributed by atoms with Gasteiger partial charge in [0.25, 0.3) is 0 Å². The van der Waals surface area contributed by atoms with Crippen molar-refractivity contribution < 1.29 is 9.59 Å². The molecule has 0 aromatic rings. The van der Waals surface area contributed by atoms with Crippen LogP contribution in [0.25, 0.3) is 0 Å². The maximum Gasteiger partial charge on any atom is 0.230 e. The molecule has 1 amide bonds. The van der Waals surface area contributed by atoms with Gasteiger partial charge in [0.1, 0.15) is 5.78 Å². The number of Topliss-reactive ketones (excluding diaryl/α,β-unsaturated/α-hetero) is 1. The average Bonchev–Trinajstić information content (AvgIpc) is 2.21. The topological polar surface area (TPSA) is 46.2 Å². The van der Waals surface area contributed by atoms with Crippen LogP contribution in [0, 0.1) is 5.92 Å². The molecular formula is C7H9NO2. The van der Waals surface area contributed by atoms with Gasteiger partial charge in [-0.1, -0.05) is 0 Å². The largest absolute Gasteiger partial charge is 0.353 e. The number of rotatable bonds is 0. The van der Waals surface area contributed by atoms with Gasteiger partial charge in [-0.25, -0.2) is 0 Å². The quantitative estimate of drug-likeness (QED) is 0.474. The number of hydrogen-bond acceptors (Lipinski definition) is 2. The average molecular weight is 139 g/mol. The van der Waals surface area contributed by atoms with Crippen LogP contribution in [0.1, 0.15) is 19.3 Å². The normalized spacial score (nSPS) is 38.0. The molecule has 2 aliphatic rings. The second-order valence-electron chi connectivity index (χ2n) is 3.00. The van der Waals surface area contributed by atoms with Gasteiger partial charge in [-0.2, -0.15) is 0 Å². The van der Waals surface area contributed by atoms with Crippen LogP contribution in [-0.4, -0.2) is 17.7 Å². The summed E-state index contributed by atoms with van der Waals surface area (Å²) in [6.07, 6.45) is 2.19. The van der Waals surface area contributed by atoms with E-state index < -0.39 is 0 Å². The molecule has 2 bridgehead atoms. The van der Waals surface area contributed by atoms with E-state index >= 15 is 0 Å². The fraction of sp³-hybridized carbons (Fsp3) is 0.714. The zero-order chi connectivity index (χ0) is 7.14. The van der Waals surface area contributed by atoms with Gasteiger partial charge in [-0.05, 0) is 12.8 Å². The minimum Gasteiger partial charge on any atom is -0.353 e. The molecule has 1 heterocycles. The van der Waals surface area contributed by atoms with Crippen LogP contribution in [0.3, 0.4) is 0 Å². The summed E-state index contributed by atoms with van der Waals surface area (Å²) in [4.78, 5) is 21.9. The number of ketones is 1. The lowest BCUT2D eigenvalue weighted by Crippen LogP contribution is -2.24. The number of fused-ring (bicyclic) bond motifs is 2. The first-order valence-corrected chi connectivity index (χ1v) is 3.60. The molecule has 1 saturated carbocycles. The predicted molar refractivity (Wildman–Crippen MR) is 34.3 cm³/mol. The highest BCUT2D eigenvalue weighted by atomic mass is 16.2. The summed E-state index contributed by atoms with van der Waals surface area (Å²) in [5, 5.41) is 2.79. The van der Waals surface area contributed by atoms with Gasteiger partial charge >= 0.3 is 0 Å². The van der Waals surface area contributed by atoms with Crippen molar-refractivity contribution in [2.75, 3.05) is 0 Å². The predicted octanol–water partition coefficient (Wildman–Crippen LogP) is -0.146. The molecule has 0 radical (unpaired) electrons. The molecule has 3 nitrogen and oxygen atoms in total. The molecule has 1 N–H and O–H groups in total. The van der Waals surface area contributed by atoms with E-state index in [-0.39, 0.29) is 17.6 Å². The highest BCUT2D eigenvalue weighted by molar-refractivity contribution is 6.04. The zero-order valence-electron chi connectivity index (χ0n) is 5.59. The molecular weight excluding hydrogens is 130 g/mol. The van der Waals surface area contributed by atoms with E-state index in [2.05, 4.69) is 5.32 Å². The molecule has 3 heteroatoms. The third-order valence-electron chi connectivity index (χ3n) is 2.31. The van der Waals surface area contributed by atoms with Crippen molar-refractivity contribution in [2.24, 2.45) is 5.92 Å². The lowest BCUT2D eigenvalue weighted by Gasteiger charge is -2.13. The summed E-state index contributed by atoms with van der Waals surface area (Å²) < 4.78 is 0. The van der Waals surface area contributed by atoms with Crippen molar-refractivity contribution in [1.82, 2.24) is 5.32 Å². The summed E-state index contributed by atoms with van der Waals surface area (Å²) in [7, 11) is 0. The summed E-state index contributed by atoms with van der Waals surface area (Å²) >= 11 is 0. The Balaban J connectivity index is 2.25. The Morgan fingerprint density at radius 1 is 1.40 bits per heavy atom. The Bertz CT molecular complexity index is 192. The van der Waals surface area contributed by atoms with E-state index in [0.717, 1.165) is 12.8 Å². The molecule has 0 aromatic heterocycles. The monoisotopic (exact) mass is 139 g/mol. The maximum atomic E-state index is 11.0. The van der Waals surface area contributed by atoms with Crippen LogP contribution in [0.4, 0.5) is 0 Å². The van der Waals surface area contributed by atoms with Crippen LogP contribution in [-0.2, 0) is 9.59 Å². The Morgan fingerprint density at radius 2 is 2.20 bits per heavy atom. The van der Waals surface area contributed by atoms with Gasteiger partial charge in [0.2, 0.25) is 5.91 Å². The molecule has 2 fully saturated rings. The maximum absolute atomic E-state index is 11.0. The van der Waals surface area contributed by atoms with Gasteiger partial charge in [-0.3, -0.25) is 9.59 Å². The van der Waals surface area contributed by atoms with E-state index in [1.54, 1.807) is 0 Å². The first-order valence-electron chi connectivity index (χ1n) is 3.60. The van der Waals surface area contributed by atoms with E-state index in [4.69, 9.17) is 0 Å². The molecule has 0 unspecified atom stereocenters. The van der Waals surface area contributed by atoms with Crippen molar-refractivity contribution in [3.63, 3.8) is 0 Å². The van der Waals surface area contributed by atoms with E-state index in [1.165, 1.54) is 0 Å². The molecule has 0 spiro atoms. The smallest absolute Gasteiger partial charge is 0.230 e.